The van der Waals surface area contributed by atoms with E-state index in [9.17, 15) is 0 Å². The number of aromatic amines is 1. The minimum absolute atomic E-state index is 0.589. The number of rotatable bonds is 7. The van der Waals surface area contributed by atoms with Crippen LogP contribution in [0.1, 0.15) is 19.2 Å². The molecule has 9 heteroatoms. The van der Waals surface area contributed by atoms with Crippen molar-refractivity contribution in [2.75, 3.05) is 59.0 Å². The van der Waals surface area contributed by atoms with Crippen LogP contribution in [0.2, 0.25) is 0 Å². The smallest absolute Gasteiger partial charge is 0.216 e. The summed E-state index contributed by atoms with van der Waals surface area (Å²) in [5.74, 6) is 3.78. The molecule has 2 aliphatic rings. The molecule has 1 atom stereocenters. The third-order valence-electron chi connectivity index (χ3n) is 5.42. The lowest BCUT2D eigenvalue weighted by atomic mass is 10.1. The standard InChI is InChI=1S/C20H31N7O2/c1-2-21-20(27-8-6-16(15-27)14-26-9-12-28-13-10-26)22-7-5-18-23-19(25-24-18)17-4-3-11-29-17/h3-4,11,16H,2,5-10,12-15H2,1H3,(H,21,22)(H,23,24,25). The van der Waals surface area contributed by atoms with Gasteiger partial charge in [-0.1, -0.05) is 0 Å². The van der Waals surface area contributed by atoms with Crippen molar-refractivity contribution >= 4 is 5.96 Å². The molecule has 1 unspecified atom stereocenters. The van der Waals surface area contributed by atoms with Gasteiger partial charge in [-0.05, 0) is 31.4 Å². The zero-order valence-electron chi connectivity index (χ0n) is 17.1. The van der Waals surface area contributed by atoms with Gasteiger partial charge in [0.2, 0.25) is 5.82 Å². The third-order valence-corrected chi connectivity index (χ3v) is 5.42. The number of ether oxygens (including phenoxy) is 1. The highest BCUT2D eigenvalue weighted by Crippen LogP contribution is 2.18. The van der Waals surface area contributed by atoms with Gasteiger partial charge in [0.1, 0.15) is 5.82 Å². The predicted molar refractivity (Wildman–Crippen MR) is 111 cm³/mol. The van der Waals surface area contributed by atoms with Gasteiger partial charge in [-0.2, -0.15) is 5.10 Å². The lowest BCUT2D eigenvalue weighted by Gasteiger charge is -2.29. The van der Waals surface area contributed by atoms with E-state index in [1.54, 1.807) is 6.26 Å². The quantitative estimate of drug-likeness (QED) is 0.532. The number of H-pyrrole nitrogens is 1. The highest BCUT2D eigenvalue weighted by atomic mass is 16.5. The second-order valence-electron chi connectivity index (χ2n) is 7.58. The maximum absolute atomic E-state index is 5.46. The summed E-state index contributed by atoms with van der Waals surface area (Å²) in [7, 11) is 0. The molecular weight excluding hydrogens is 370 g/mol. The summed E-state index contributed by atoms with van der Waals surface area (Å²) in [4.78, 5) is 14.2. The Morgan fingerprint density at radius 3 is 3.03 bits per heavy atom. The molecule has 29 heavy (non-hydrogen) atoms. The first-order valence-electron chi connectivity index (χ1n) is 10.6. The number of nitrogens with one attached hydrogen (secondary N) is 2. The number of aliphatic imine (C=N–C) groups is 1. The molecule has 0 radical (unpaired) electrons. The largest absolute Gasteiger partial charge is 0.461 e. The van der Waals surface area contributed by atoms with Crippen LogP contribution in [0.5, 0.6) is 0 Å². The van der Waals surface area contributed by atoms with Gasteiger partial charge in [0.05, 0.1) is 19.5 Å². The summed E-state index contributed by atoms with van der Waals surface area (Å²) in [5.41, 5.74) is 0. The van der Waals surface area contributed by atoms with Gasteiger partial charge < -0.3 is 19.4 Å². The highest BCUT2D eigenvalue weighted by molar-refractivity contribution is 5.80. The molecule has 0 aliphatic carbocycles. The van der Waals surface area contributed by atoms with Gasteiger partial charge in [0.15, 0.2) is 11.7 Å². The molecule has 0 amide bonds. The Kier molecular flexibility index (Phi) is 6.79. The molecule has 2 N–H and O–H groups in total. The van der Waals surface area contributed by atoms with E-state index in [0.717, 1.165) is 64.3 Å². The first-order chi connectivity index (χ1) is 14.3. The summed E-state index contributed by atoms with van der Waals surface area (Å²) in [6, 6.07) is 3.69. The van der Waals surface area contributed by atoms with E-state index in [-0.39, 0.29) is 0 Å². The van der Waals surface area contributed by atoms with Crippen LogP contribution in [0.4, 0.5) is 0 Å². The van der Waals surface area contributed by atoms with Gasteiger partial charge in [-0.25, -0.2) is 4.98 Å². The molecule has 0 saturated carbocycles. The Morgan fingerprint density at radius 2 is 2.24 bits per heavy atom. The Balaban J connectivity index is 1.28. The second-order valence-corrected chi connectivity index (χ2v) is 7.58. The van der Waals surface area contributed by atoms with Crippen molar-refractivity contribution in [3.63, 3.8) is 0 Å². The number of guanidine groups is 1. The third kappa shape index (κ3) is 5.36. The van der Waals surface area contributed by atoms with E-state index in [0.29, 0.717) is 30.5 Å². The van der Waals surface area contributed by atoms with Gasteiger partial charge in [0.25, 0.3) is 0 Å². The SMILES string of the molecule is CCNC(=NCCc1nc(-c2ccco2)n[nH]1)N1CCC(CN2CCOCC2)C1. The fourth-order valence-electron chi connectivity index (χ4n) is 3.94. The van der Waals surface area contributed by atoms with Crippen LogP contribution in [-0.2, 0) is 11.2 Å². The van der Waals surface area contributed by atoms with Crippen LogP contribution in [0.25, 0.3) is 11.6 Å². The van der Waals surface area contributed by atoms with Gasteiger partial charge in [-0.15, -0.1) is 0 Å². The number of hydrogen-bond donors (Lipinski definition) is 2. The summed E-state index contributed by atoms with van der Waals surface area (Å²) in [6.45, 7) is 10.8. The average molecular weight is 402 g/mol. The van der Waals surface area contributed by atoms with Crippen molar-refractivity contribution in [1.29, 1.82) is 0 Å². The van der Waals surface area contributed by atoms with Gasteiger partial charge >= 0.3 is 0 Å². The first-order valence-corrected chi connectivity index (χ1v) is 10.6. The molecule has 9 nitrogen and oxygen atoms in total. The molecule has 2 saturated heterocycles. The van der Waals surface area contributed by atoms with Crippen LogP contribution in [0, 0.1) is 5.92 Å². The van der Waals surface area contributed by atoms with E-state index in [2.05, 4.69) is 37.2 Å². The van der Waals surface area contributed by atoms with E-state index in [1.807, 2.05) is 12.1 Å². The summed E-state index contributed by atoms with van der Waals surface area (Å²) in [6.07, 6.45) is 3.56. The molecule has 0 spiro atoms. The normalized spacial score (nSPS) is 21.1. The number of furan rings is 1. The summed E-state index contributed by atoms with van der Waals surface area (Å²) < 4.78 is 10.8. The number of aromatic nitrogens is 3. The second kappa shape index (κ2) is 9.89. The fraction of sp³-hybridized carbons (Fsp3) is 0.650. The van der Waals surface area contributed by atoms with Crippen molar-refractivity contribution < 1.29 is 9.15 Å². The Hall–Kier alpha value is -2.39. The molecule has 2 aromatic rings. The molecule has 4 rings (SSSR count). The van der Waals surface area contributed by atoms with Crippen LogP contribution in [0.3, 0.4) is 0 Å². The maximum Gasteiger partial charge on any atom is 0.216 e. The summed E-state index contributed by atoms with van der Waals surface area (Å²) in [5, 5.41) is 10.6. The van der Waals surface area contributed by atoms with E-state index < -0.39 is 0 Å². The zero-order chi connectivity index (χ0) is 19.9. The minimum Gasteiger partial charge on any atom is -0.461 e. The molecule has 2 fully saturated rings. The zero-order valence-corrected chi connectivity index (χ0v) is 17.1. The van der Waals surface area contributed by atoms with Crippen LogP contribution < -0.4 is 5.32 Å². The van der Waals surface area contributed by atoms with Crippen LogP contribution in [-0.4, -0.2) is 90.0 Å². The number of nitrogens with zero attached hydrogens (tertiary/aromatic N) is 5. The van der Waals surface area contributed by atoms with Crippen molar-refractivity contribution in [2.24, 2.45) is 10.9 Å². The highest BCUT2D eigenvalue weighted by Gasteiger charge is 2.27. The topological polar surface area (TPSA) is 94.8 Å². The number of likely N-dealkylation sites (tertiary alicyclic amines) is 1. The molecule has 0 bridgehead atoms. The molecule has 0 aromatic carbocycles. The predicted octanol–water partition coefficient (Wildman–Crippen LogP) is 1.23. The Morgan fingerprint density at radius 1 is 1.34 bits per heavy atom. The average Bonchev–Trinajstić information content (AvgIpc) is 3.50. The van der Waals surface area contributed by atoms with Crippen LogP contribution in [0.15, 0.2) is 27.8 Å². The summed E-state index contributed by atoms with van der Waals surface area (Å²) >= 11 is 0. The minimum atomic E-state index is 0.589. The van der Waals surface area contributed by atoms with Gasteiger partial charge in [0, 0.05) is 52.2 Å². The molecule has 4 heterocycles. The van der Waals surface area contributed by atoms with Crippen molar-refractivity contribution in [3.8, 4) is 11.6 Å². The van der Waals surface area contributed by atoms with Crippen molar-refractivity contribution in [3.05, 3.63) is 24.2 Å². The van der Waals surface area contributed by atoms with E-state index >= 15 is 0 Å². The number of morpholine rings is 1. The van der Waals surface area contributed by atoms with Crippen molar-refractivity contribution in [1.82, 2.24) is 30.3 Å². The molecule has 2 aromatic heterocycles. The monoisotopic (exact) mass is 401 g/mol. The van der Waals surface area contributed by atoms with E-state index in [4.69, 9.17) is 14.1 Å². The lowest BCUT2D eigenvalue weighted by Crippen LogP contribution is -2.42. The molecule has 2 aliphatic heterocycles. The fourth-order valence-corrected chi connectivity index (χ4v) is 3.94. The maximum atomic E-state index is 5.46. The van der Waals surface area contributed by atoms with Gasteiger partial charge in [-0.3, -0.25) is 15.0 Å². The molecule has 158 valence electrons. The lowest BCUT2D eigenvalue weighted by molar-refractivity contribution is 0.0315. The Bertz CT molecular complexity index is 768. The van der Waals surface area contributed by atoms with E-state index in [1.165, 1.54) is 6.42 Å². The van der Waals surface area contributed by atoms with Crippen molar-refractivity contribution in [2.45, 2.75) is 19.8 Å². The number of hydrogen-bond acceptors (Lipinski definition) is 6. The first kappa shape index (κ1) is 19.9. The van der Waals surface area contributed by atoms with Crippen LogP contribution >= 0.6 is 0 Å². The Labute approximate surface area is 171 Å². The molecular formula is C20H31N7O2.